The van der Waals surface area contributed by atoms with Gasteiger partial charge in [0.05, 0.1) is 4.90 Å². The zero-order valence-electron chi connectivity index (χ0n) is 9.49. The van der Waals surface area contributed by atoms with Crippen LogP contribution in [0.3, 0.4) is 0 Å². The predicted molar refractivity (Wildman–Crippen MR) is 62.3 cm³/mol. The Balaban J connectivity index is 3.14. The van der Waals surface area contributed by atoms with Gasteiger partial charge in [-0.1, -0.05) is 23.3 Å². The zero-order valence-corrected chi connectivity index (χ0v) is 10.3. The lowest BCUT2D eigenvalue weighted by Crippen LogP contribution is -2.04. The molecule has 0 aliphatic heterocycles. The summed E-state index contributed by atoms with van der Waals surface area (Å²) in [4.78, 5) is -0.112. The van der Waals surface area contributed by atoms with E-state index in [1.165, 1.54) is 6.07 Å². The van der Waals surface area contributed by atoms with E-state index >= 15 is 0 Å². The van der Waals surface area contributed by atoms with Crippen LogP contribution in [0.15, 0.2) is 35.2 Å². The number of hydrogen-bond acceptors (Lipinski definition) is 3. The molecule has 4 heteroatoms. The van der Waals surface area contributed by atoms with Crippen molar-refractivity contribution in [2.24, 2.45) is 0 Å². The maximum absolute atomic E-state index is 11.0. The number of benzene rings is 1. The molecule has 1 aromatic rings. The Bertz CT molecular complexity index is 501. The smallest absolute Gasteiger partial charge is 0.124 e. The second-order valence-electron chi connectivity index (χ2n) is 4.02. The molecule has 0 saturated carbocycles. The minimum atomic E-state index is -4.38. The van der Waals surface area contributed by atoms with Crippen LogP contribution in [0.25, 0.3) is 0 Å². The van der Waals surface area contributed by atoms with Crippen molar-refractivity contribution in [2.45, 2.75) is 31.6 Å². The van der Waals surface area contributed by atoms with Crippen molar-refractivity contribution in [1.29, 1.82) is 0 Å². The first-order valence-corrected chi connectivity index (χ1v) is 6.41. The third kappa shape index (κ3) is 3.47. The number of rotatable bonds is 4. The molecule has 0 heterocycles. The normalized spacial score (nSPS) is 11.4. The van der Waals surface area contributed by atoms with Gasteiger partial charge in [0, 0.05) is 0 Å². The van der Waals surface area contributed by atoms with Crippen LogP contribution in [0.4, 0.5) is 0 Å². The second-order valence-corrected chi connectivity index (χ2v) is 5.37. The van der Waals surface area contributed by atoms with Gasteiger partial charge in [-0.3, -0.25) is 0 Å². The van der Waals surface area contributed by atoms with Crippen molar-refractivity contribution in [3.8, 4) is 0 Å². The molecule has 1 rings (SSSR count). The van der Waals surface area contributed by atoms with Crippen LogP contribution in [0, 0.1) is 6.92 Å². The highest BCUT2D eigenvalue weighted by molar-refractivity contribution is 7.85. The lowest BCUT2D eigenvalue weighted by atomic mass is 10.0. The van der Waals surface area contributed by atoms with Crippen molar-refractivity contribution in [3.05, 3.63) is 41.5 Å². The monoisotopic (exact) mass is 239 g/mol. The zero-order chi connectivity index (χ0) is 12.3. The fraction of sp³-hybridized carbons (Fsp3) is 0.333. The Morgan fingerprint density at radius 2 is 2.06 bits per heavy atom. The van der Waals surface area contributed by atoms with E-state index in [-0.39, 0.29) is 4.90 Å². The quantitative estimate of drug-likeness (QED) is 0.599. The topological polar surface area (TPSA) is 57.2 Å². The van der Waals surface area contributed by atoms with Crippen molar-refractivity contribution < 1.29 is 13.0 Å². The summed E-state index contributed by atoms with van der Waals surface area (Å²) in [5.74, 6) is 0. The largest absolute Gasteiger partial charge is 0.744 e. The van der Waals surface area contributed by atoms with Gasteiger partial charge in [-0.05, 0) is 38.3 Å². The van der Waals surface area contributed by atoms with Crippen LogP contribution in [-0.4, -0.2) is 13.0 Å². The van der Waals surface area contributed by atoms with E-state index in [4.69, 9.17) is 0 Å². The third-order valence-corrected chi connectivity index (χ3v) is 3.24. The van der Waals surface area contributed by atoms with Gasteiger partial charge in [0.25, 0.3) is 0 Å². The predicted octanol–water partition coefficient (Wildman–Crippen LogP) is 2.41. The summed E-state index contributed by atoms with van der Waals surface area (Å²) in [5.41, 5.74) is 2.50. The van der Waals surface area contributed by atoms with Crippen LogP contribution in [0.2, 0.25) is 0 Å². The van der Waals surface area contributed by atoms with Gasteiger partial charge in [-0.15, -0.1) is 6.58 Å². The Kier molecular flexibility index (Phi) is 3.88. The Labute approximate surface area is 96.6 Å². The highest BCUT2D eigenvalue weighted by atomic mass is 32.2. The average Bonchev–Trinajstić information content (AvgIpc) is 2.12. The van der Waals surface area contributed by atoms with Gasteiger partial charge in [-0.2, -0.15) is 0 Å². The summed E-state index contributed by atoms with van der Waals surface area (Å²) in [6, 6.07) is 4.76. The van der Waals surface area contributed by atoms with Crippen LogP contribution < -0.4 is 0 Å². The van der Waals surface area contributed by atoms with E-state index in [1.807, 2.05) is 13.8 Å². The fourth-order valence-electron chi connectivity index (χ4n) is 1.50. The SMILES string of the molecule is C=C(C)CCc1cc(C)ccc1S(=O)(=O)[O-]. The molecule has 16 heavy (non-hydrogen) atoms. The highest BCUT2D eigenvalue weighted by Gasteiger charge is 2.08. The molecule has 0 radical (unpaired) electrons. The van der Waals surface area contributed by atoms with Gasteiger partial charge in [-0.25, -0.2) is 8.42 Å². The standard InChI is InChI=1S/C12H16O3S/c1-9(2)4-6-11-8-10(3)5-7-12(11)16(13,14)15/h5,7-8H,1,4,6H2,2-3H3,(H,13,14,15)/p-1. The maximum atomic E-state index is 11.0. The van der Waals surface area contributed by atoms with Gasteiger partial charge in [0.1, 0.15) is 10.1 Å². The van der Waals surface area contributed by atoms with Crippen LogP contribution in [0.5, 0.6) is 0 Å². The summed E-state index contributed by atoms with van der Waals surface area (Å²) >= 11 is 0. The molecule has 1 aromatic carbocycles. The minimum Gasteiger partial charge on any atom is -0.744 e. The van der Waals surface area contributed by atoms with Crippen LogP contribution in [-0.2, 0) is 16.5 Å². The maximum Gasteiger partial charge on any atom is 0.124 e. The molecule has 88 valence electrons. The molecular weight excluding hydrogens is 224 g/mol. The molecule has 0 spiro atoms. The van der Waals surface area contributed by atoms with E-state index < -0.39 is 10.1 Å². The summed E-state index contributed by atoms with van der Waals surface area (Å²) in [5, 5.41) is 0. The highest BCUT2D eigenvalue weighted by Crippen LogP contribution is 2.19. The molecule has 0 aromatic heterocycles. The Morgan fingerprint density at radius 1 is 1.44 bits per heavy atom. The number of hydrogen-bond donors (Lipinski definition) is 0. The summed E-state index contributed by atoms with van der Waals surface area (Å²) < 4.78 is 33.1. The molecule has 0 bridgehead atoms. The van der Waals surface area contributed by atoms with E-state index in [0.717, 1.165) is 11.1 Å². The summed E-state index contributed by atoms with van der Waals surface area (Å²) in [6.07, 6.45) is 1.22. The minimum absolute atomic E-state index is 0.112. The van der Waals surface area contributed by atoms with E-state index in [0.29, 0.717) is 18.4 Å². The molecule has 3 nitrogen and oxygen atoms in total. The fourth-order valence-corrected chi connectivity index (χ4v) is 2.21. The molecule has 0 aliphatic carbocycles. The molecule has 0 aliphatic rings. The molecule has 0 saturated heterocycles. The lowest BCUT2D eigenvalue weighted by molar-refractivity contribution is 0.462. The van der Waals surface area contributed by atoms with Crippen molar-refractivity contribution in [2.75, 3.05) is 0 Å². The summed E-state index contributed by atoms with van der Waals surface area (Å²) in [6.45, 7) is 7.50. The van der Waals surface area contributed by atoms with Gasteiger partial charge >= 0.3 is 0 Å². The molecule has 0 amide bonds. The van der Waals surface area contributed by atoms with Crippen LogP contribution in [0.1, 0.15) is 24.5 Å². The average molecular weight is 239 g/mol. The van der Waals surface area contributed by atoms with Crippen LogP contribution >= 0.6 is 0 Å². The van der Waals surface area contributed by atoms with Crippen molar-refractivity contribution >= 4 is 10.1 Å². The first-order valence-electron chi connectivity index (χ1n) is 5.00. The molecule has 0 N–H and O–H groups in total. The van der Waals surface area contributed by atoms with Crippen molar-refractivity contribution in [1.82, 2.24) is 0 Å². The van der Waals surface area contributed by atoms with Gasteiger partial charge < -0.3 is 4.55 Å². The Hall–Kier alpha value is -1.13. The first-order chi connectivity index (χ1) is 7.30. The van der Waals surface area contributed by atoms with Gasteiger partial charge in [0.2, 0.25) is 0 Å². The first kappa shape index (κ1) is 12.9. The number of allylic oxidation sites excluding steroid dienone is 1. The molecular formula is C12H15O3S-. The second kappa shape index (κ2) is 4.80. The molecule has 0 atom stereocenters. The summed E-state index contributed by atoms with van der Waals surface area (Å²) in [7, 11) is -4.38. The Morgan fingerprint density at radius 3 is 2.56 bits per heavy atom. The van der Waals surface area contributed by atoms with Gasteiger partial charge in [0.15, 0.2) is 0 Å². The van der Waals surface area contributed by atoms with E-state index in [1.54, 1.807) is 12.1 Å². The van der Waals surface area contributed by atoms with E-state index in [9.17, 15) is 13.0 Å². The van der Waals surface area contributed by atoms with Crippen molar-refractivity contribution in [3.63, 3.8) is 0 Å². The molecule has 0 unspecified atom stereocenters. The number of aryl methyl sites for hydroxylation is 2. The van der Waals surface area contributed by atoms with E-state index in [2.05, 4.69) is 6.58 Å². The molecule has 0 fully saturated rings. The lowest BCUT2D eigenvalue weighted by Gasteiger charge is -2.13. The third-order valence-electron chi connectivity index (χ3n) is 2.31.